The van der Waals surface area contributed by atoms with Crippen molar-refractivity contribution in [1.82, 2.24) is 4.90 Å². The van der Waals surface area contributed by atoms with Crippen molar-refractivity contribution in [3.05, 3.63) is 65.7 Å². The summed E-state index contributed by atoms with van der Waals surface area (Å²) in [5, 5.41) is 2.92. The summed E-state index contributed by atoms with van der Waals surface area (Å²) in [6, 6.07) is 17.4. The standard InChI is InChI=1S/C22H29N3O/c1-17-11-13-25(14-12-17)16-19-7-9-20(10-8-19)24-22(26)21(23)15-18-5-3-2-4-6-18/h2-10,17,21H,11-16,23H2,1H3,(H,24,26). The minimum absolute atomic E-state index is 0.147. The highest BCUT2D eigenvalue weighted by Crippen LogP contribution is 2.19. The van der Waals surface area contributed by atoms with Gasteiger partial charge in [0.1, 0.15) is 0 Å². The van der Waals surface area contributed by atoms with E-state index < -0.39 is 6.04 Å². The van der Waals surface area contributed by atoms with Crippen molar-refractivity contribution in [2.75, 3.05) is 18.4 Å². The average molecular weight is 351 g/mol. The largest absolute Gasteiger partial charge is 0.325 e. The summed E-state index contributed by atoms with van der Waals surface area (Å²) in [5.74, 6) is 0.704. The molecule has 4 heteroatoms. The Kier molecular flexibility index (Phi) is 6.42. The van der Waals surface area contributed by atoms with Crippen LogP contribution in [0.25, 0.3) is 0 Å². The Morgan fingerprint density at radius 2 is 1.73 bits per heavy atom. The second kappa shape index (κ2) is 8.97. The number of nitrogens with two attached hydrogens (primary N) is 1. The van der Waals surface area contributed by atoms with Crippen molar-refractivity contribution in [1.29, 1.82) is 0 Å². The first-order chi connectivity index (χ1) is 12.6. The third-order valence-corrected chi connectivity index (χ3v) is 5.14. The van der Waals surface area contributed by atoms with E-state index in [2.05, 4.69) is 29.3 Å². The number of rotatable bonds is 6. The van der Waals surface area contributed by atoms with Gasteiger partial charge in [0, 0.05) is 12.2 Å². The van der Waals surface area contributed by atoms with E-state index in [1.165, 1.54) is 31.5 Å². The van der Waals surface area contributed by atoms with Crippen molar-refractivity contribution in [2.24, 2.45) is 11.7 Å². The first-order valence-corrected chi connectivity index (χ1v) is 9.52. The number of nitrogens with one attached hydrogen (secondary N) is 1. The van der Waals surface area contributed by atoms with Gasteiger partial charge in [-0.3, -0.25) is 9.69 Å². The van der Waals surface area contributed by atoms with Gasteiger partial charge in [0.2, 0.25) is 5.91 Å². The van der Waals surface area contributed by atoms with Crippen molar-refractivity contribution < 1.29 is 4.79 Å². The molecule has 0 radical (unpaired) electrons. The van der Waals surface area contributed by atoms with Crippen LogP contribution in [0, 0.1) is 5.92 Å². The van der Waals surface area contributed by atoms with Crippen molar-refractivity contribution in [2.45, 2.75) is 38.8 Å². The van der Waals surface area contributed by atoms with E-state index in [0.717, 1.165) is 23.7 Å². The van der Waals surface area contributed by atoms with Gasteiger partial charge >= 0.3 is 0 Å². The lowest BCUT2D eigenvalue weighted by atomic mass is 9.99. The van der Waals surface area contributed by atoms with E-state index in [0.29, 0.717) is 6.42 Å². The molecule has 1 atom stereocenters. The number of carbonyl (C=O) groups is 1. The molecule has 3 N–H and O–H groups in total. The molecule has 26 heavy (non-hydrogen) atoms. The number of anilines is 1. The molecule has 1 aliphatic heterocycles. The maximum absolute atomic E-state index is 12.3. The van der Waals surface area contributed by atoms with Gasteiger partial charge in [-0.1, -0.05) is 49.4 Å². The lowest BCUT2D eigenvalue weighted by Crippen LogP contribution is -2.37. The zero-order valence-electron chi connectivity index (χ0n) is 15.5. The van der Waals surface area contributed by atoms with Crippen LogP contribution in [-0.2, 0) is 17.8 Å². The molecule has 2 aromatic carbocycles. The lowest BCUT2D eigenvalue weighted by Gasteiger charge is -2.30. The van der Waals surface area contributed by atoms with Gasteiger partial charge < -0.3 is 11.1 Å². The molecule has 0 aliphatic carbocycles. The van der Waals surface area contributed by atoms with E-state index in [1.54, 1.807) is 0 Å². The molecule has 1 amide bonds. The fourth-order valence-corrected chi connectivity index (χ4v) is 3.37. The molecule has 4 nitrogen and oxygen atoms in total. The Bertz CT molecular complexity index is 691. The molecule has 0 spiro atoms. The van der Waals surface area contributed by atoms with Crippen LogP contribution in [0.2, 0.25) is 0 Å². The average Bonchev–Trinajstić information content (AvgIpc) is 2.66. The first kappa shape index (κ1) is 18.6. The van der Waals surface area contributed by atoms with Crippen LogP contribution in [0.3, 0.4) is 0 Å². The van der Waals surface area contributed by atoms with Crippen LogP contribution < -0.4 is 11.1 Å². The number of piperidine rings is 1. The Balaban J connectivity index is 1.49. The molecule has 1 aliphatic rings. The summed E-state index contributed by atoms with van der Waals surface area (Å²) in [5.41, 5.74) is 9.20. The van der Waals surface area contributed by atoms with Crippen LogP contribution in [0.1, 0.15) is 30.9 Å². The van der Waals surface area contributed by atoms with Crippen LogP contribution in [0.5, 0.6) is 0 Å². The molecule has 1 heterocycles. The summed E-state index contributed by atoms with van der Waals surface area (Å²) in [6.07, 6.45) is 3.11. The third kappa shape index (κ3) is 5.41. The Labute approximate surface area is 156 Å². The highest BCUT2D eigenvalue weighted by atomic mass is 16.2. The first-order valence-electron chi connectivity index (χ1n) is 9.52. The van der Waals surface area contributed by atoms with Gasteiger partial charge in [-0.2, -0.15) is 0 Å². The second-order valence-corrected chi connectivity index (χ2v) is 7.44. The Morgan fingerprint density at radius 1 is 1.08 bits per heavy atom. The van der Waals surface area contributed by atoms with Crippen molar-refractivity contribution in [3.8, 4) is 0 Å². The molecule has 1 fully saturated rings. The number of amides is 1. The SMILES string of the molecule is CC1CCN(Cc2ccc(NC(=O)C(N)Cc3ccccc3)cc2)CC1. The lowest BCUT2D eigenvalue weighted by molar-refractivity contribution is -0.117. The van der Waals surface area contributed by atoms with E-state index in [9.17, 15) is 4.79 Å². The van der Waals surface area contributed by atoms with E-state index in [1.807, 2.05) is 42.5 Å². The quantitative estimate of drug-likeness (QED) is 0.838. The van der Waals surface area contributed by atoms with Gasteiger partial charge in [-0.25, -0.2) is 0 Å². The summed E-state index contributed by atoms with van der Waals surface area (Å²) in [6.45, 7) is 5.66. The Morgan fingerprint density at radius 3 is 2.38 bits per heavy atom. The molecule has 3 rings (SSSR count). The third-order valence-electron chi connectivity index (χ3n) is 5.14. The molecule has 0 bridgehead atoms. The number of likely N-dealkylation sites (tertiary alicyclic amines) is 1. The van der Waals surface area contributed by atoms with E-state index in [4.69, 9.17) is 5.73 Å². The van der Waals surface area contributed by atoms with Crippen molar-refractivity contribution >= 4 is 11.6 Å². The van der Waals surface area contributed by atoms with Gasteiger partial charge in [-0.05, 0) is 61.5 Å². The number of nitrogens with zero attached hydrogens (tertiary/aromatic N) is 1. The highest BCUT2D eigenvalue weighted by Gasteiger charge is 2.16. The predicted octanol–water partition coefficient (Wildman–Crippen LogP) is 3.43. The fourth-order valence-electron chi connectivity index (χ4n) is 3.37. The zero-order chi connectivity index (χ0) is 18.4. The van der Waals surface area contributed by atoms with Crippen LogP contribution >= 0.6 is 0 Å². The molecule has 0 aromatic heterocycles. The number of benzene rings is 2. The molecule has 1 saturated heterocycles. The summed E-state index contributed by atoms with van der Waals surface area (Å²) in [7, 11) is 0. The smallest absolute Gasteiger partial charge is 0.241 e. The molecule has 2 aromatic rings. The molecular weight excluding hydrogens is 322 g/mol. The van der Waals surface area contributed by atoms with Crippen LogP contribution in [0.15, 0.2) is 54.6 Å². The number of hydrogen-bond acceptors (Lipinski definition) is 3. The number of carbonyl (C=O) groups excluding carboxylic acids is 1. The molecule has 138 valence electrons. The van der Waals surface area contributed by atoms with Gasteiger partial charge in [0.25, 0.3) is 0 Å². The van der Waals surface area contributed by atoms with E-state index >= 15 is 0 Å². The minimum atomic E-state index is -0.549. The highest BCUT2D eigenvalue weighted by molar-refractivity contribution is 5.94. The topological polar surface area (TPSA) is 58.4 Å². The minimum Gasteiger partial charge on any atom is -0.325 e. The molecule has 1 unspecified atom stereocenters. The maximum atomic E-state index is 12.3. The fraction of sp³-hybridized carbons (Fsp3) is 0.409. The molecular formula is C22H29N3O. The van der Waals surface area contributed by atoms with E-state index in [-0.39, 0.29) is 5.91 Å². The summed E-state index contributed by atoms with van der Waals surface area (Å²) >= 11 is 0. The second-order valence-electron chi connectivity index (χ2n) is 7.44. The molecule has 0 saturated carbocycles. The maximum Gasteiger partial charge on any atom is 0.241 e. The summed E-state index contributed by atoms with van der Waals surface area (Å²) < 4.78 is 0. The monoisotopic (exact) mass is 351 g/mol. The Hall–Kier alpha value is -2.17. The van der Waals surface area contributed by atoms with Gasteiger partial charge in [-0.15, -0.1) is 0 Å². The van der Waals surface area contributed by atoms with Crippen molar-refractivity contribution in [3.63, 3.8) is 0 Å². The summed E-state index contributed by atoms with van der Waals surface area (Å²) in [4.78, 5) is 14.8. The van der Waals surface area contributed by atoms with Gasteiger partial charge in [0.15, 0.2) is 0 Å². The normalized spacial score (nSPS) is 17.0. The van der Waals surface area contributed by atoms with Crippen LogP contribution in [-0.4, -0.2) is 29.9 Å². The van der Waals surface area contributed by atoms with Crippen LogP contribution in [0.4, 0.5) is 5.69 Å². The zero-order valence-corrected chi connectivity index (χ0v) is 15.5. The number of hydrogen-bond donors (Lipinski definition) is 2. The predicted molar refractivity (Wildman–Crippen MR) is 107 cm³/mol. The van der Waals surface area contributed by atoms with Gasteiger partial charge in [0.05, 0.1) is 6.04 Å².